The third-order valence-electron chi connectivity index (χ3n) is 5.18. The van der Waals surface area contributed by atoms with E-state index < -0.39 is 5.97 Å². The zero-order valence-electron chi connectivity index (χ0n) is 19.0. The van der Waals surface area contributed by atoms with Crippen molar-refractivity contribution in [2.24, 2.45) is 0 Å². The Labute approximate surface area is 195 Å². The molecule has 33 heavy (non-hydrogen) atoms. The van der Waals surface area contributed by atoms with Gasteiger partial charge in [0, 0.05) is 16.5 Å². The lowest BCUT2D eigenvalue weighted by Gasteiger charge is -2.15. The molecule has 4 aromatic rings. The first kappa shape index (κ1) is 22.5. The average molecular weight is 466 g/mol. The number of fused-ring (bicyclic) bond motifs is 1. The molecule has 0 unspecified atom stereocenters. The summed E-state index contributed by atoms with van der Waals surface area (Å²) in [6.07, 6.45) is 0. The van der Waals surface area contributed by atoms with Gasteiger partial charge in [0.25, 0.3) is 5.91 Å². The number of rotatable bonds is 4. The van der Waals surface area contributed by atoms with Crippen molar-refractivity contribution in [1.82, 2.24) is 19.8 Å². The molecule has 0 aliphatic heterocycles. The number of amides is 1. The van der Waals surface area contributed by atoms with Crippen LogP contribution in [0.25, 0.3) is 17.0 Å². The van der Waals surface area contributed by atoms with E-state index in [9.17, 15) is 9.59 Å². The van der Waals surface area contributed by atoms with Crippen molar-refractivity contribution < 1.29 is 14.3 Å². The number of aromatic amines is 1. The van der Waals surface area contributed by atoms with Gasteiger partial charge in [-0.25, -0.2) is 4.79 Å². The summed E-state index contributed by atoms with van der Waals surface area (Å²) in [7, 11) is 1.30. The molecule has 0 fully saturated rings. The van der Waals surface area contributed by atoms with E-state index in [1.165, 1.54) is 17.8 Å². The normalized spacial score (nSPS) is 11.6. The lowest BCUT2D eigenvalue weighted by Crippen LogP contribution is -2.14. The molecule has 2 aromatic heterocycles. The molecule has 0 spiro atoms. The number of hydrogen-bond acceptors (Lipinski definition) is 5. The lowest BCUT2D eigenvalue weighted by atomic mass is 9.92. The third-order valence-corrected chi connectivity index (χ3v) is 5.53. The smallest absolute Gasteiger partial charge is 0.337 e. The second-order valence-corrected chi connectivity index (χ2v) is 9.18. The average Bonchev–Trinajstić information content (AvgIpc) is 3.33. The van der Waals surface area contributed by atoms with Crippen molar-refractivity contribution in [2.45, 2.75) is 33.1 Å². The van der Waals surface area contributed by atoms with Gasteiger partial charge < -0.3 is 15.0 Å². The van der Waals surface area contributed by atoms with E-state index in [-0.39, 0.29) is 11.3 Å². The van der Waals surface area contributed by atoms with Gasteiger partial charge >= 0.3 is 5.97 Å². The molecule has 4 rings (SSSR count). The van der Waals surface area contributed by atoms with Crippen LogP contribution in [0.4, 0.5) is 5.69 Å². The van der Waals surface area contributed by atoms with E-state index in [2.05, 4.69) is 20.5 Å². The predicted molar refractivity (Wildman–Crippen MR) is 127 cm³/mol. The van der Waals surface area contributed by atoms with Crippen LogP contribution in [-0.2, 0) is 10.2 Å². The fraction of sp³-hybridized carbons (Fsp3) is 0.250. The number of carbonyl (C=O) groups is 2. The standard InChI is InChI=1S/C24H24ClN5O3/c1-13-9-10-17(26-22(31)14-7-6-8-15(12-14)23(32)33-5)16(11-13)20-27-21-18(25)19(24(2,3)4)28-30(21)29-20/h6-12H,1-5H3,(H,26,31)(H,27,29). The van der Waals surface area contributed by atoms with Gasteiger partial charge in [-0.15, -0.1) is 9.73 Å². The summed E-state index contributed by atoms with van der Waals surface area (Å²) in [5.74, 6) is -0.358. The highest BCUT2D eigenvalue weighted by molar-refractivity contribution is 6.34. The molecule has 0 aliphatic carbocycles. The number of aryl methyl sites for hydroxylation is 1. The second kappa shape index (κ2) is 8.37. The molecule has 170 valence electrons. The lowest BCUT2D eigenvalue weighted by molar-refractivity contribution is 0.0600. The Morgan fingerprint density at radius 3 is 2.48 bits per heavy atom. The van der Waals surface area contributed by atoms with Crippen LogP contribution in [0.15, 0.2) is 42.5 Å². The molecular formula is C24H24ClN5O3. The number of anilines is 1. The summed E-state index contributed by atoms with van der Waals surface area (Å²) in [6.45, 7) is 8.05. The number of hydrogen-bond donors (Lipinski definition) is 2. The number of methoxy groups -OCH3 is 1. The van der Waals surface area contributed by atoms with Gasteiger partial charge in [-0.3, -0.25) is 4.79 Å². The second-order valence-electron chi connectivity index (χ2n) is 8.80. The van der Waals surface area contributed by atoms with Crippen LogP contribution in [0.1, 0.15) is 52.7 Å². The number of H-pyrrole nitrogens is 1. The maximum atomic E-state index is 12.9. The minimum Gasteiger partial charge on any atom is -0.465 e. The van der Waals surface area contributed by atoms with Crippen LogP contribution in [0.5, 0.6) is 0 Å². The maximum Gasteiger partial charge on any atom is 0.337 e. The van der Waals surface area contributed by atoms with Gasteiger partial charge in [-0.1, -0.05) is 50.1 Å². The molecule has 0 aliphatic rings. The van der Waals surface area contributed by atoms with E-state index >= 15 is 0 Å². The van der Waals surface area contributed by atoms with E-state index in [1.807, 2.05) is 39.8 Å². The number of nitrogens with zero attached hydrogens (tertiary/aromatic N) is 3. The van der Waals surface area contributed by atoms with E-state index in [4.69, 9.17) is 16.3 Å². The Kier molecular flexibility index (Phi) is 5.71. The summed E-state index contributed by atoms with van der Waals surface area (Å²) < 4.78 is 6.22. The van der Waals surface area contributed by atoms with Crippen LogP contribution in [0.3, 0.4) is 0 Å². The van der Waals surface area contributed by atoms with Crippen molar-refractivity contribution in [1.29, 1.82) is 0 Å². The molecule has 2 heterocycles. The Balaban J connectivity index is 1.70. The maximum absolute atomic E-state index is 12.9. The first-order valence-electron chi connectivity index (χ1n) is 10.3. The Bertz CT molecular complexity index is 1380. The fourth-order valence-corrected chi connectivity index (χ4v) is 3.90. The van der Waals surface area contributed by atoms with Crippen molar-refractivity contribution in [3.63, 3.8) is 0 Å². The topological polar surface area (TPSA) is 101 Å². The molecule has 0 saturated heterocycles. The summed E-state index contributed by atoms with van der Waals surface area (Å²) >= 11 is 6.57. The molecular weight excluding hydrogens is 442 g/mol. The van der Waals surface area contributed by atoms with Gasteiger partial charge in [-0.2, -0.15) is 5.10 Å². The number of carbonyl (C=O) groups excluding carboxylic acids is 2. The summed E-state index contributed by atoms with van der Waals surface area (Å²) in [6, 6.07) is 12.0. The van der Waals surface area contributed by atoms with Crippen LogP contribution in [-0.4, -0.2) is 38.8 Å². The fourth-order valence-electron chi connectivity index (χ4n) is 3.46. The quantitative estimate of drug-likeness (QED) is 0.412. The van der Waals surface area contributed by atoms with Crippen LogP contribution >= 0.6 is 11.6 Å². The Morgan fingerprint density at radius 1 is 1.09 bits per heavy atom. The van der Waals surface area contributed by atoms with Crippen molar-refractivity contribution in [3.05, 3.63) is 69.9 Å². The predicted octanol–water partition coefficient (Wildman–Crippen LogP) is 5.02. The molecule has 0 saturated carbocycles. The summed E-state index contributed by atoms with van der Waals surface area (Å²) in [5, 5.41) is 12.5. The molecule has 2 aromatic carbocycles. The molecule has 2 N–H and O–H groups in total. The summed E-state index contributed by atoms with van der Waals surface area (Å²) in [5.41, 5.74) is 3.96. The van der Waals surface area contributed by atoms with E-state index in [1.54, 1.807) is 24.3 Å². The highest BCUT2D eigenvalue weighted by Crippen LogP contribution is 2.33. The third kappa shape index (κ3) is 4.34. The molecule has 8 nitrogen and oxygen atoms in total. The monoisotopic (exact) mass is 465 g/mol. The largest absolute Gasteiger partial charge is 0.465 e. The SMILES string of the molecule is COC(=O)c1cccc(C(=O)Nc2ccc(C)cc2-c2nn3nc(C(C)(C)C)c(Cl)c3[nH]2)c1. The van der Waals surface area contributed by atoms with Crippen molar-refractivity contribution in [2.75, 3.05) is 12.4 Å². The number of aromatic nitrogens is 4. The first-order valence-corrected chi connectivity index (χ1v) is 10.7. The molecule has 1 amide bonds. The van der Waals surface area contributed by atoms with Crippen LogP contribution in [0.2, 0.25) is 5.02 Å². The molecule has 0 bridgehead atoms. The minimum absolute atomic E-state index is 0.229. The summed E-state index contributed by atoms with van der Waals surface area (Å²) in [4.78, 5) is 28.0. The number of nitrogens with one attached hydrogen (secondary N) is 2. The van der Waals surface area contributed by atoms with Gasteiger partial charge in [-0.05, 0) is 37.3 Å². The van der Waals surface area contributed by atoms with Crippen LogP contribution in [0, 0.1) is 6.92 Å². The number of halogens is 1. The van der Waals surface area contributed by atoms with Crippen LogP contribution < -0.4 is 5.32 Å². The number of esters is 1. The zero-order chi connectivity index (χ0) is 23.9. The van der Waals surface area contributed by atoms with Gasteiger partial charge in [0.2, 0.25) is 0 Å². The number of ether oxygens (including phenoxy) is 1. The Morgan fingerprint density at radius 2 is 1.82 bits per heavy atom. The van der Waals surface area contributed by atoms with Crippen molar-refractivity contribution in [3.8, 4) is 11.4 Å². The Hall–Kier alpha value is -3.65. The highest BCUT2D eigenvalue weighted by Gasteiger charge is 2.25. The van der Waals surface area contributed by atoms with Gasteiger partial charge in [0.05, 0.1) is 24.1 Å². The zero-order valence-corrected chi connectivity index (χ0v) is 19.7. The molecule has 0 radical (unpaired) electrons. The number of benzene rings is 2. The first-order chi connectivity index (χ1) is 15.6. The minimum atomic E-state index is -0.508. The van der Waals surface area contributed by atoms with Crippen molar-refractivity contribution >= 4 is 34.8 Å². The van der Waals surface area contributed by atoms with Gasteiger partial charge in [0.15, 0.2) is 11.5 Å². The molecule has 9 heteroatoms. The van der Waals surface area contributed by atoms with Gasteiger partial charge in [0.1, 0.15) is 5.02 Å². The highest BCUT2D eigenvalue weighted by atomic mass is 35.5. The van der Waals surface area contributed by atoms with E-state index in [0.717, 1.165) is 11.3 Å². The van der Waals surface area contributed by atoms with E-state index in [0.29, 0.717) is 38.9 Å². The molecule has 0 atom stereocenters.